The van der Waals surface area contributed by atoms with Crippen molar-refractivity contribution in [3.05, 3.63) is 53.6 Å². The zero-order valence-corrected chi connectivity index (χ0v) is 17.7. The summed E-state index contributed by atoms with van der Waals surface area (Å²) in [5, 5.41) is 4.67. The molecule has 0 aliphatic rings. The maximum absolute atomic E-state index is 12.3. The van der Waals surface area contributed by atoms with E-state index < -0.39 is 10.0 Å². The number of sulfonamides is 1. The monoisotopic (exact) mass is 406 g/mol. The molecule has 3 N–H and O–H groups in total. The molecule has 28 heavy (non-hydrogen) atoms. The number of quaternary nitrogens is 1. The summed E-state index contributed by atoms with van der Waals surface area (Å²) in [4.78, 5) is 12.5. The van der Waals surface area contributed by atoms with E-state index in [0.717, 1.165) is 21.2 Å². The second-order valence-electron chi connectivity index (χ2n) is 6.84. The van der Waals surface area contributed by atoms with Gasteiger partial charge in [-0.15, -0.1) is 0 Å². The number of benzene rings is 2. The van der Waals surface area contributed by atoms with Crippen LogP contribution in [0, 0.1) is 6.92 Å². The number of hydrogen-bond donors (Lipinski definition) is 2. The number of nitrogens with one attached hydrogen (secondary N) is 1. The fourth-order valence-corrected chi connectivity index (χ4v) is 3.73. The Morgan fingerprint density at radius 1 is 1.21 bits per heavy atom. The largest absolute Gasteiger partial charge is 0.496 e. The number of nitrogens with zero attached hydrogens (tertiary/aromatic N) is 1. The van der Waals surface area contributed by atoms with Crippen LogP contribution in [0.3, 0.4) is 0 Å². The first kappa shape index (κ1) is 21.9. The van der Waals surface area contributed by atoms with Crippen LogP contribution in [0.15, 0.2) is 47.4 Å². The Hall–Kier alpha value is -2.42. The summed E-state index contributed by atoms with van der Waals surface area (Å²) in [6.07, 6.45) is 0. The van der Waals surface area contributed by atoms with E-state index in [-0.39, 0.29) is 23.4 Å². The lowest BCUT2D eigenvalue weighted by Gasteiger charge is -2.15. The molecule has 2 aromatic rings. The maximum Gasteiger partial charge on any atom is 0.279 e. The highest BCUT2D eigenvalue weighted by molar-refractivity contribution is 7.89. The number of amides is 1. The van der Waals surface area contributed by atoms with E-state index in [1.807, 2.05) is 37.4 Å². The molecule has 0 aliphatic heterocycles. The number of methoxy groups -OCH3 is 1. The summed E-state index contributed by atoms with van der Waals surface area (Å²) in [7, 11) is 1.02. The molecule has 0 spiro atoms. The van der Waals surface area contributed by atoms with Crippen molar-refractivity contribution in [1.82, 2.24) is 4.31 Å². The molecule has 0 saturated carbocycles. The number of ether oxygens (including phenoxy) is 1. The zero-order chi connectivity index (χ0) is 20.9. The predicted molar refractivity (Wildman–Crippen MR) is 109 cm³/mol. The molecule has 0 fully saturated rings. The van der Waals surface area contributed by atoms with Gasteiger partial charge >= 0.3 is 0 Å². The van der Waals surface area contributed by atoms with Crippen molar-refractivity contribution in [2.45, 2.75) is 24.8 Å². The van der Waals surface area contributed by atoms with Gasteiger partial charge in [0, 0.05) is 19.8 Å². The number of rotatable bonds is 8. The van der Waals surface area contributed by atoms with E-state index in [2.05, 4.69) is 5.32 Å². The van der Waals surface area contributed by atoms with Gasteiger partial charge in [-0.05, 0) is 44.2 Å². The van der Waals surface area contributed by atoms with Gasteiger partial charge in [-0.2, -0.15) is 0 Å². The van der Waals surface area contributed by atoms with Crippen LogP contribution >= 0.6 is 0 Å². The molecule has 2 aromatic carbocycles. The number of anilines is 1. The van der Waals surface area contributed by atoms with Crippen molar-refractivity contribution in [3.63, 3.8) is 0 Å². The molecule has 0 aliphatic carbocycles. The van der Waals surface area contributed by atoms with E-state index in [1.165, 1.54) is 26.2 Å². The Kier molecular flexibility index (Phi) is 7.17. The minimum atomic E-state index is -3.55. The maximum atomic E-state index is 12.3. The van der Waals surface area contributed by atoms with E-state index in [1.54, 1.807) is 19.2 Å². The minimum Gasteiger partial charge on any atom is -0.496 e. The third kappa shape index (κ3) is 5.31. The smallest absolute Gasteiger partial charge is 0.279 e. The Labute approximate surface area is 166 Å². The molecule has 1 atom stereocenters. The Balaban J connectivity index is 2.03. The Morgan fingerprint density at radius 3 is 2.57 bits per heavy atom. The molecule has 0 heterocycles. The highest BCUT2D eigenvalue weighted by Crippen LogP contribution is 2.24. The summed E-state index contributed by atoms with van der Waals surface area (Å²) < 4.78 is 31.0. The van der Waals surface area contributed by atoms with Crippen molar-refractivity contribution >= 4 is 21.6 Å². The number of nitrogens with two attached hydrogens (primary N) is 1. The topological polar surface area (TPSA) is 92.3 Å². The first-order valence-electron chi connectivity index (χ1n) is 8.95. The number of hydrogen-bond acceptors (Lipinski definition) is 4. The van der Waals surface area contributed by atoms with E-state index in [4.69, 9.17) is 4.74 Å². The van der Waals surface area contributed by atoms with Gasteiger partial charge in [0.25, 0.3) is 5.91 Å². The fraction of sp³-hybridized carbons (Fsp3) is 0.350. The summed E-state index contributed by atoms with van der Waals surface area (Å²) in [5.74, 6) is 0.578. The summed E-state index contributed by atoms with van der Waals surface area (Å²) in [6.45, 7) is 4.22. The van der Waals surface area contributed by atoms with Gasteiger partial charge in [0.15, 0.2) is 6.54 Å². The van der Waals surface area contributed by atoms with Gasteiger partial charge in [0.1, 0.15) is 11.8 Å². The third-order valence-corrected chi connectivity index (χ3v) is 6.24. The molecule has 0 unspecified atom stereocenters. The van der Waals surface area contributed by atoms with Crippen LogP contribution in [-0.2, 0) is 14.8 Å². The summed E-state index contributed by atoms with van der Waals surface area (Å²) in [5.41, 5.74) is 2.59. The van der Waals surface area contributed by atoms with Gasteiger partial charge < -0.3 is 15.4 Å². The average molecular weight is 407 g/mol. The van der Waals surface area contributed by atoms with Crippen LogP contribution in [0.25, 0.3) is 0 Å². The molecular weight excluding hydrogens is 378 g/mol. The summed E-state index contributed by atoms with van der Waals surface area (Å²) >= 11 is 0. The van der Waals surface area contributed by atoms with Crippen LogP contribution < -0.4 is 15.4 Å². The number of aryl methyl sites for hydroxylation is 1. The Bertz CT molecular complexity index is 942. The molecule has 7 nitrogen and oxygen atoms in total. The molecule has 1 amide bonds. The second kappa shape index (κ2) is 9.18. The number of carbonyl (C=O) groups excluding carboxylic acids is 1. The molecule has 0 saturated heterocycles. The van der Waals surface area contributed by atoms with Crippen LogP contribution in [0.5, 0.6) is 5.75 Å². The Morgan fingerprint density at radius 2 is 1.93 bits per heavy atom. The van der Waals surface area contributed by atoms with Crippen molar-refractivity contribution in [3.8, 4) is 5.75 Å². The van der Waals surface area contributed by atoms with Gasteiger partial charge in [-0.1, -0.05) is 17.7 Å². The molecule has 0 radical (unpaired) electrons. The third-order valence-electron chi connectivity index (χ3n) is 4.43. The molecule has 0 aromatic heterocycles. The molecule has 152 valence electrons. The summed E-state index contributed by atoms with van der Waals surface area (Å²) in [6, 6.07) is 12.2. The molecule has 8 heteroatoms. The second-order valence-corrected chi connectivity index (χ2v) is 8.99. The molecule has 2 rings (SSSR count). The van der Waals surface area contributed by atoms with Crippen LogP contribution in [0.1, 0.15) is 24.1 Å². The van der Waals surface area contributed by atoms with Gasteiger partial charge in [-0.3, -0.25) is 4.79 Å². The van der Waals surface area contributed by atoms with Gasteiger partial charge in [0.2, 0.25) is 10.0 Å². The molecular formula is C20H28N3O4S+. The van der Waals surface area contributed by atoms with Crippen LogP contribution in [0.4, 0.5) is 5.69 Å². The molecule has 0 bridgehead atoms. The fourth-order valence-electron chi connectivity index (χ4n) is 2.78. The zero-order valence-electron chi connectivity index (χ0n) is 16.9. The lowest BCUT2D eigenvalue weighted by atomic mass is 10.0. The van der Waals surface area contributed by atoms with Gasteiger partial charge in [-0.25, -0.2) is 12.7 Å². The highest BCUT2D eigenvalue weighted by Gasteiger charge is 2.19. The van der Waals surface area contributed by atoms with E-state index in [0.29, 0.717) is 5.69 Å². The average Bonchev–Trinajstić information content (AvgIpc) is 2.66. The first-order valence-corrected chi connectivity index (χ1v) is 10.4. The standard InChI is InChI=1S/C20H27N3O4S/c1-14-9-10-19(27-5)18(11-14)15(2)21-13-20(24)22-16-7-6-8-17(12-16)28(25,26)23(3)4/h6-12,15,21H,13H2,1-5H3,(H,22,24)/p+1/t15-/m1/s1. The van der Waals surface area contributed by atoms with Crippen molar-refractivity contribution < 1.29 is 23.3 Å². The minimum absolute atomic E-state index is 0.0288. The first-order chi connectivity index (χ1) is 13.1. The van der Waals surface area contributed by atoms with Crippen LogP contribution in [0.2, 0.25) is 0 Å². The van der Waals surface area contributed by atoms with E-state index >= 15 is 0 Å². The lowest BCUT2D eigenvalue weighted by molar-refractivity contribution is -0.682. The van der Waals surface area contributed by atoms with Crippen molar-refractivity contribution in [1.29, 1.82) is 0 Å². The van der Waals surface area contributed by atoms with Gasteiger partial charge in [0.05, 0.1) is 17.6 Å². The number of carbonyl (C=O) groups is 1. The normalized spacial score (nSPS) is 12.6. The van der Waals surface area contributed by atoms with Crippen molar-refractivity contribution in [2.75, 3.05) is 33.1 Å². The van der Waals surface area contributed by atoms with Crippen LogP contribution in [-0.4, -0.2) is 46.4 Å². The van der Waals surface area contributed by atoms with E-state index in [9.17, 15) is 13.2 Å². The van der Waals surface area contributed by atoms with Crippen molar-refractivity contribution in [2.24, 2.45) is 0 Å². The quantitative estimate of drug-likeness (QED) is 0.695. The highest BCUT2D eigenvalue weighted by atomic mass is 32.2. The predicted octanol–water partition coefficient (Wildman–Crippen LogP) is 1.52. The lowest BCUT2D eigenvalue weighted by Crippen LogP contribution is -2.86. The SMILES string of the molecule is COc1ccc(C)cc1[C@@H](C)[NH2+]CC(=O)Nc1cccc(S(=O)(=O)N(C)C)c1.